The van der Waals surface area contributed by atoms with Crippen molar-refractivity contribution in [2.45, 2.75) is 0 Å². The van der Waals surface area contributed by atoms with Crippen molar-refractivity contribution < 1.29 is 9.47 Å². The predicted molar refractivity (Wildman–Crippen MR) is 136 cm³/mol. The van der Waals surface area contributed by atoms with Crippen LogP contribution in [-0.2, 0) is 0 Å². The van der Waals surface area contributed by atoms with Gasteiger partial charge >= 0.3 is 0 Å². The summed E-state index contributed by atoms with van der Waals surface area (Å²) in [5.41, 5.74) is 4.52. The first-order chi connectivity index (χ1) is 15.6. The molecule has 0 saturated carbocycles. The molecule has 162 valence electrons. The Labute approximate surface area is 200 Å². The largest absolute Gasteiger partial charge is 0.493 e. The molecule has 0 aliphatic carbocycles. The van der Waals surface area contributed by atoms with E-state index < -0.39 is 0 Å². The molecule has 0 bridgehead atoms. The third kappa shape index (κ3) is 5.09. The van der Waals surface area contributed by atoms with Crippen LogP contribution in [0, 0.1) is 0 Å². The summed E-state index contributed by atoms with van der Waals surface area (Å²) in [6.07, 6.45) is 1.92. The molecule has 0 fully saturated rings. The van der Waals surface area contributed by atoms with E-state index in [1.54, 1.807) is 14.2 Å². The molecular formula is C24H21BrN4O2S. The van der Waals surface area contributed by atoms with Crippen molar-refractivity contribution in [2.24, 2.45) is 0 Å². The lowest BCUT2D eigenvalue weighted by atomic mass is 10.1. The van der Waals surface area contributed by atoms with Crippen LogP contribution in [0.4, 0.5) is 11.4 Å². The van der Waals surface area contributed by atoms with Crippen molar-refractivity contribution in [1.29, 1.82) is 0 Å². The highest BCUT2D eigenvalue weighted by Crippen LogP contribution is 2.31. The van der Waals surface area contributed by atoms with E-state index in [4.69, 9.17) is 26.8 Å². The quantitative estimate of drug-likeness (QED) is 0.305. The average Bonchev–Trinajstić information content (AvgIpc) is 3.29. The molecule has 0 atom stereocenters. The fraction of sp³-hybridized carbons (Fsp3) is 0.0833. The van der Waals surface area contributed by atoms with Gasteiger partial charge in [-0.3, -0.25) is 0 Å². The topological polar surface area (TPSA) is 60.3 Å². The molecule has 4 rings (SSSR count). The average molecular weight is 509 g/mol. The van der Waals surface area contributed by atoms with Crippen LogP contribution < -0.4 is 20.1 Å². The number of anilines is 2. The van der Waals surface area contributed by atoms with Gasteiger partial charge in [0.25, 0.3) is 0 Å². The molecule has 32 heavy (non-hydrogen) atoms. The van der Waals surface area contributed by atoms with Crippen LogP contribution in [0.5, 0.6) is 11.5 Å². The maximum Gasteiger partial charge on any atom is 0.175 e. The van der Waals surface area contributed by atoms with Crippen LogP contribution in [0.3, 0.4) is 0 Å². The van der Waals surface area contributed by atoms with E-state index in [2.05, 4.69) is 26.6 Å². The van der Waals surface area contributed by atoms with Crippen molar-refractivity contribution in [2.75, 3.05) is 24.9 Å². The second-order valence-corrected chi connectivity index (χ2v) is 8.18. The number of benzene rings is 3. The monoisotopic (exact) mass is 508 g/mol. The second kappa shape index (κ2) is 9.84. The Bertz CT molecular complexity index is 1240. The van der Waals surface area contributed by atoms with Crippen LogP contribution in [0.2, 0.25) is 0 Å². The van der Waals surface area contributed by atoms with Gasteiger partial charge in [-0.1, -0.05) is 22.0 Å². The highest BCUT2D eigenvalue weighted by molar-refractivity contribution is 9.10. The Morgan fingerprint density at radius 3 is 2.34 bits per heavy atom. The number of nitrogens with one attached hydrogen (secondary N) is 2. The first kappa shape index (κ1) is 21.9. The Balaban J connectivity index is 1.44. The Morgan fingerprint density at radius 2 is 1.62 bits per heavy atom. The zero-order valence-corrected chi connectivity index (χ0v) is 19.9. The SMILES string of the molecule is COc1ccc(-c2ccn(-c3ccc(NC(=S)Nc4cccc(Br)c4)cc3)n2)cc1OC. The van der Waals surface area contributed by atoms with E-state index in [0.29, 0.717) is 16.6 Å². The summed E-state index contributed by atoms with van der Waals surface area (Å²) < 4.78 is 13.5. The number of thiocarbonyl (C=S) groups is 1. The van der Waals surface area contributed by atoms with Crippen LogP contribution in [0.15, 0.2) is 83.5 Å². The fourth-order valence-electron chi connectivity index (χ4n) is 3.17. The number of halogens is 1. The molecule has 3 aromatic carbocycles. The third-order valence-electron chi connectivity index (χ3n) is 4.74. The molecule has 0 spiro atoms. The van der Waals surface area contributed by atoms with Crippen molar-refractivity contribution >= 4 is 44.6 Å². The summed E-state index contributed by atoms with van der Waals surface area (Å²) >= 11 is 8.86. The summed E-state index contributed by atoms with van der Waals surface area (Å²) in [4.78, 5) is 0. The standard InChI is InChI=1S/C24H21BrN4O2S/c1-30-22-11-6-16(14-23(22)31-2)21-12-13-29(28-21)20-9-7-18(8-10-20)26-24(32)27-19-5-3-4-17(25)15-19/h3-15H,1-2H3,(H2,26,27,32). The summed E-state index contributed by atoms with van der Waals surface area (Å²) in [7, 11) is 3.24. The minimum absolute atomic E-state index is 0.519. The van der Waals surface area contributed by atoms with E-state index in [1.807, 2.05) is 83.7 Å². The maximum absolute atomic E-state index is 5.41. The van der Waals surface area contributed by atoms with Gasteiger partial charge in [-0.15, -0.1) is 0 Å². The van der Waals surface area contributed by atoms with Crippen molar-refractivity contribution in [1.82, 2.24) is 9.78 Å². The van der Waals surface area contributed by atoms with Crippen LogP contribution in [-0.4, -0.2) is 29.1 Å². The van der Waals surface area contributed by atoms with Gasteiger partial charge in [-0.05, 0) is 78.9 Å². The Morgan fingerprint density at radius 1 is 0.875 bits per heavy atom. The van der Waals surface area contributed by atoms with Gasteiger partial charge < -0.3 is 20.1 Å². The summed E-state index contributed by atoms with van der Waals surface area (Å²) in [5, 5.41) is 11.6. The van der Waals surface area contributed by atoms with Gasteiger partial charge in [0.2, 0.25) is 0 Å². The zero-order valence-electron chi connectivity index (χ0n) is 17.5. The number of nitrogens with zero attached hydrogens (tertiary/aromatic N) is 2. The lowest BCUT2D eigenvalue weighted by Crippen LogP contribution is -2.19. The number of methoxy groups -OCH3 is 2. The summed E-state index contributed by atoms with van der Waals surface area (Å²) in [6.45, 7) is 0. The maximum atomic E-state index is 5.41. The molecule has 4 aromatic rings. The molecule has 0 amide bonds. The molecule has 8 heteroatoms. The molecular weight excluding hydrogens is 488 g/mol. The number of ether oxygens (including phenoxy) is 2. The van der Waals surface area contributed by atoms with Crippen molar-refractivity contribution in [3.8, 4) is 28.4 Å². The molecule has 0 aliphatic rings. The Kier molecular flexibility index (Phi) is 6.72. The van der Waals surface area contributed by atoms with Gasteiger partial charge in [0.05, 0.1) is 25.6 Å². The van der Waals surface area contributed by atoms with Crippen molar-refractivity contribution in [3.05, 3.63) is 83.5 Å². The lowest BCUT2D eigenvalue weighted by molar-refractivity contribution is 0.355. The van der Waals surface area contributed by atoms with Gasteiger partial charge in [0.15, 0.2) is 16.6 Å². The minimum atomic E-state index is 0.519. The molecule has 6 nitrogen and oxygen atoms in total. The molecule has 0 saturated heterocycles. The fourth-order valence-corrected chi connectivity index (χ4v) is 3.81. The van der Waals surface area contributed by atoms with Crippen LogP contribution in [0.1, 0.15) is 0 Å². The van der Waals surface area contributed by atoms with Gasteiger partial charge in [0.1, 0.15) is 0 Å². The number of hydrogen-bond acceptors (Lipinski definition) is 4. The minimum Gasteiger partial charge on any atom is -0.493 e. The molecule has 0 unspecified atom stereocenters. The van der Waals surface area contributed by atoms with E-state index in [-0.39, 0.29) is 0 Å². The first-order valence-corrected chi connectivity index (χ1v) is 11.0. The summed E-state index contributed by atoms with van der Waals surface area (Å²) in [5.74, 6) is 1.36. The van der Waals surface area contributed by atoms with E-state index >= 15 is 0 Å². The Hall–Kier alpha value is -3.36. The highest BCUT2D eigenvalue weighted by Gasteiger charge is 2.09. The van der Waals surface area contributed by atoms with Gasteiger partial charge in [-0.25, -0.2) is 4.68 Å². The second-order valence-electron chi connectivity index (χ2n) is 6.85. The lowest BCUT2D eigenvalue weighted by Gasteiger charge is -2.11. The highest BCUT2D eigenvalue weighted by atomic mass is 79.9. The molecule has 0 radical (unpaired) electrons. The molecule has 0 aliphatic heterocycles. The normalized spacial score (nSPS) is 10.5. The zero-order chi connectivity index (χ0) is 22.5. The van der Waals surface area contributed by atoms with Crippen molar-refractivity contribution in [3.63, 3.8) is 0 Å². The predicted octanol–water partition coefficient (Wildman–Crippen LogP) is 6.13. The smallest absolute Gasteiger partial charge is 0.175 e. The molecule has 1 aromatic heterocycles. The van der Waals surface area contributed by atoms with Crippen LogP contribution in [0.25, 0.3) is 16.9 Å². The first-order valence-electron chi connectivity index (χ1n) is 9.78. The van der Waals surface area contributed by atoms with E-state index in [9.17, 15) is 0 Å². The van der Waals surface area contributed by atoms with Crippen LogP contribution >= 0.6 is 28.1 Å². The number of aromatic nitrogens is 2. The van der Waals surface area contributed by atoms with E-state index in [0.717, 1.165) is 32.8 Å². The third-order valence-corrected chi connectivity index (χ3v) is 5.44. The molecule has 2 N–H and O–H groups in total. The van der Waals surface area contributed by atoms with Gasteiger partial charge in [-0.2, -0.15) is 5.10 Å². The number of rotatable bonds is 6. The number of hydrogen-bond donors (Lipinski definition) is 2. The van der Waals surface area contributed by atoms with E-state index in [1.165, 1.54) is 0 Å². The van der Waals surface area contributed by atoms with Gasteiger partial charge in [0, 0.05) is 27.6 Å². The molecule has 1 heterocycles. The summed E-state index contributed by atoms with van der Waals surface area (Å²) in [6, 6.07) is 23.4.